The lowest BCUT2D eigenvalue weighted by Crippen LogP contribution is -2.30. The Hall–Kier alpha value is -2.05. The maximum absolute atomic E-state index is 12.6. The molecule has 1 heterocycles. The number of benzene rings is 1. The number of amides is 1. The van der Waals surface area contributed by atoms with Crippen LogP contribution in [0.2, 0.25) is 5.02 Å². The zero-order chi connectivity index (χ0) is 20.3. The van der Waals surface area contributed by atoms with Crippen LogP contribution in [-0.2, 0) is 9.53 Å². The highest BCUT2D eigenvalue weighted by Gasteiger charge is 2.24. The molecule has 2 aromatic rings. The molecular formula is C20H24ClNO4S. The Morgan fingerprint density at radius 3 is 2.33 bits per heavy atom. The number of carbonyl (C=O) groups excluding carboxylic acids is 2. The Morgan fingerprint density at radius 2 is 1.78 bits per heavy atom. The van der Waals surface area contributed by atoms with Gasteiger partial charge in [0.15, 0.2) is 6.10 Å². The van der Waals surface area contributed by atoms with Gasteiger partial charge in [0.1, 0.15) is 10.8 Å². The Kier molecular flexibility index (Phi) is 6.89. The van der Waals surface area contributed by atoms with Gasteiger partial charge in [0.25, 0.3) is 5.91 Å². The van der Waals surface area contributed by atoms with E-state index >= 15 is 0 Å². The number of hydrogen-bond acceptors (Lipinski definition) is 5. The van der Waals surface area contributed by atoms with E-state index in [9.17, 15) is 9.59 Å². The Labute approximate surface area is 168 Å². The van der Waals surface area contributed by atoms with E-state index in [1.165, 1.54) is 11.3 Å². The third-order valence-electron chi connectivity index (χ3n) is 4.19. The van der Waals surface area contributed by atoms with E-state index in [1.807, 2.05) is 27.7 Å². The normalized spacial score (nSPS) is 11.8. The van der Waals surface area contributed by atoms with Crippen molar-refractivity contribution in [2.75, 3.05) is 11.9 Å². The molecule has 2 rings (SSSR count). The first-order valence-corrected chi connectivity index (χ1v) is 9.86. The van der Waals surface area contributed by atoms with Crippen LogP contribution in [0.3, 0.4) is 0 Å². The zero-order valence-electron chi connectivity index (χ0n) is 16.4. The molecule has 0 fully saturated rings. The van der Waals surface area contributed by atoms with E-state index in [-0.39, 0.29) is 12.5 Å². The van der Waals surface area contributed by atoms with Gasteiger partial charge >= 0.3 is 5.97 Å². The molecule has 1 aromatic heterocycles. The van der Waals surface area contributed by atoms with Crippen LogP contribution in [0.5, 0.6) is 5.75 Å². The van der Waals surface area contributed by atoms with Gasteiger partial charge < -0.3 is 14.8 Å². The second-order valence-corrected chi connectivity index (χ2v) is 7.93. The maximum atomic E-state index is 12.6. The van der Waals surface area contributed by atoms with Crippen LogP contribution in [0.15, 0.2) is 12.1 Å². The van der Waals surface area contributed by atoms with Crippen LogP contribution >= 0.6 is 22.9 Å². The molecule has 0 radical (unpaired) electrons. The van der Waals surface area contributed by atoms with Crippen molar-refractivity contribution in [1.82, 2.24) is 0 Å². The fourth-order valence-electron chi connectivity index (χ4n) is 2.61. The smallest absolute Gasteiger partial charge is 0.341 e. The molecular weight excluding hydrogens is 386 g/mol. The summed E-state index contributed by atoms with van der Waals surface area (Å²) in [5, 5.41) is 3.96. The van der Waals surface area contributed by atoms with E-state index in [0.29, 0.717) is 21.3 Å². The average molecular weight is 410 g/mol. The molecule has 1 aromatic carbocycles. The summed E-state index contributed by atoms with van der Waals surface area (Å²) in [6, 6.07) is 3.59. The van der Waals surface area contributed by atoms with Crippen molar-refractivity contribution >= 4 is 39.8 Å². The molecule has 0 saturated heterocycles. The fraction of sp³-hybridized carbons (Fsp3) is 0.400. The number of nitrogens with one attached hydrogen (secondary N) is 1. The van der Waals surface area contributed by atoms with Gasteiger partial charge in [0.2, 0.25) is 0 Å². The van der Waals surface area contributed by atoms with Crippen molar-refractivity contribution in [3.05, 3.63) is 44.3 Å². The Morgan fingerprint density at radius 1 is 1.19 bits per heavy atom. The van der Waals surface area contributed by atoms with Crippen molar-refractivity contribution in [3.63, 3.8) is 0 Å². The molecule has 1 unspecified atom stereocenters. The number of hydrogen-bond donors (Lipinski definition) is 1. The molecule has 1 amide bonds. The number of ether oxygens (including phenoxy) is 2. The third-order valence-corrected chi connectivity index (χ3v) is 5.91. The summed E-state index contributed by atoms with van der Waals surface area (Å²) in [7, 11) is 0. The van der Waals surface area contributed by atoms with Gasteiger partial charge in [-0.15, -0.1) is 11.3 Å². The summed E-state index contributed by atoms with van der Waals surface area (Å²) < 4.78 is 10.9. The van der Waals surface area contributed by atoms with Crippen LogP contribution < -0.4 is 10.1 Å². The number of anilines is 1. The summed E-state index contributed by atoms with van der Waals surface area (Å²) in [5.41, 5.74) is 2.98. The molecule has 1 N–H and O–H groups in total. The van der Waals surface area contributed by atoms with Crippen LogP contribution in [0, 0.1) is 27.7 Å². The van der Waals surface area contributed by atoms with Crippen molar-refractivity contribution in [3.8, 4) is 5.75 Å². The van der Waals surface area contributed by atoms with Gasteiger partial charge in [-0.3, -0.25) is 4.79 Å². The van der Waals surface area contributed by atoms with Crippen molar-refractivity contribution in [1.29, 1.82) is 0 Å². The highest BCUT2D eigenvalue weighted by atomic mass is 35.5. The minimum atomic E-state index is -0.747. The molecule has 5 nitrogen and oxygen atoms in total. The molecule has 0 aliphatic carbocycles. The second kappa shape index (κ2) is 8.76. The number of halogens is 1. The number of thiophene rings is 1. The van der Waals surface area contributed by atoms with E-state index in [2.05, 4.69) is 5.32 Å². The first kappa shape index (κ1) is 21.3. The first-order valence-electron chi connectivity index (χ1n) is 8.67. The summed E-state index contributed by atoms with van der Waals surface area (Å²) in [4.78, 5) is 25.8. The van der Waals surface area contributed by atoms with Gasteiger partial charge in [0.05, 0.1) is 12.2 Å². The second-order valence-electron chi connectivity index (χ2n) is 6.33. The van der Waals surface area contributed by atoms with Gasteiger partial charge in [-0.25, -0.2) is 4.79 Å². The Bertz CT molecular complexity index is 852. The Balaban J connectivity index is 2.17. The van der Waals surface area contributed by atoms with Crippen LogP contribution in [-0.4, -0.2) is 24.6 Å². The minimum absolute atomic E-state index is 0.273. The topological polar surface area (TPSA) is 64.6 Å². The van der Waals surface area contributed by atoms with Gasteiger partial charge in [-0.05, 0) is 70.4 Å². The molecule has 0 bridgehead atoms. The first-order chi connectivity index (χ1) is 12.6. The minimum Gasteiger partial charge on any atom is -0.481 e. The standard InChI is InChI=1S/C20H24ClNO4S/c1-7-25-20(24)16-12(4)14(6)27-19(16)22-18(23)13(5)26-15-8-10(2)17(21)11(3)9-15/h8-9,13H,7H2,1-6H3,(H,22,23). The predicted octanol–water partition coefficient (Wildman–Crippen LogP) is 5.22. The largest absolute Gasteiger partial charge is 0.481 e. The zero-order valence-corrected chi connectivity index (χ0v) is 17.9. The summed E-state index contributed by atoms with van der Waals surface area (Å²) in [6.07, 6.45) is -0.747. The maximum Gasteiger partial charge on any atom is 0.341 e. The summed E-state index contributed by atoms with van der Waals surface area (Å²) in [5.74, 6) is -0.208. The van der Waals surface area contributed by atoms with Crippen molar-refractivity contribution in [2.45, 2.75) is 47.6 Å². The van der Waals surface area contributed by atoms with Crippen LogP contribution in [0.1, 0.15) is 45.8 Å². The van der Waals surface area contributed by atoms with Gasteiger partial charge in [0, 0.05) is 9.90 Å². The molecule has 0 saturated carbocycles. The van der Waals surface area contributed by atoms with E-state index < -0.39 is 12.1 Å². The molecule has 0 spiro atoms. The van der Waals surface area contributed by atoms with Gasteiger partial charge in [-0.2, -0.15) is 0 Å². The number of carbonyl (C=O) groups is 2. The number of esters is 1. The monoisotopic (exact) mass is 409 g/mol. The lowest BCUT2D eigenvalue weighted by Gasteiger charge is -2.16. The molecule has 0 aliphatic rings. The molecule has 146 valence electrons. The molecule has 27 heavy (non-hydrogen) atoms. The molecule has 7 heteroatoms. The molecule has 0 aliphatic heterocycles. The van der Waals surface area contributed by atoms with E-state index in [4.69, 9.17) is 21.1 Å². The lowest BCUT2D eigenvalue weighted by atomic mass is 10.1. The average Bonchev–Trinajstić information content (AvgIpc) is 2.86. The van der Waals surface area contributed by atoms with E-state index in [0.717, 1.165) is 21.6 Å². The third kappa shape index (κ3) is 4.82. The summed E-state index contributed by atoms with van der Waals surface area (Å²) >= 11 is 7.52. The van der Waals surface area contributed by atoms with E-state index in [1.54, 1.807) is 26.0 Å². The highest BCUT2D eigenvalue weighted by Crippen LogP contribution is 2.33. The number of rotatable bonds is 6. The highest BCUT2D eigenvalue weighted by molar-refractivity contribution is 7.16. The van der Waals surface area contributed by atoms with Crippen LogP contribution in [0.25, 0.3) is 0 Å². The number of aryl methyl sites for hydroxylation is 3. The van der Waals surface area contributed by atoms with Gasteiger partial charge in [-0.1, -0.05) is 11.6 Å². The summed E-state index contributed by atoms with van der Waals surface area (Å²) in [6.45, 7) is 11.2. The van der Waals surface area contributed by atoms with Crippen molar-refractivity contribution < 1.29 is 19.1 Å². The quantitative estimate of drug-likeness (QED) is 0.664. The lowest BCUT2D eigenvalue weighted by molar-refractivity contribution is -0.122. The fourth-order valence-corrected chi connectivity index (χ4v) is 3.77. The van der Waals surface area contributed by atoms with Crippen molar-refractivity contribution in [2.24, 2.45) is 0 Å². The molecule has 1 atom stereocenters. The predicted molar refractivity (Wildman–Crippen MR) is 109 cm³/mol. The SMILES string of the molecule is CCOC(=O)c1c(NC(=O)C(C)Oc2cc(C)c(Cl)c(C)c2)sc(C)c1C. The van der Waals surface area contributed by atoms with Crippen LogP contribution in [0.4, 0.5) is 5.00 Å².